The fourth-order valence-electron chi connectivity index (χ4n) is 2.68. The maximum atomic E-state index is 12.6. The Morgan fingerprint density at radius 2 is 1.48 bits per heavy atom. The van der Waals surface area contributed by atoms with Crippen LogP contribution in [0.15, 0.2) is 54.6 Å². The summed E-state index contributed by atoms with van der Waals surface area (Å²) >= 11 is 0. The van der Waals surface area contributed by atoms with Crippen molar-refractivity contribution < 1.29 is 19.0 Å². The molecule has 150 valence electrons. The summed E-state index contributed by atoms with van der Waals surface area (Å²) in [6.45, 7) is 0.632. The van der Waals surface area contributed by atoms with Crippen LogP contribution in [0.4, 0.5) is 11.6 Å². The van der Waals surface area contributed by atoms with Gasteiger partial charge in [0.25, 0.3) is 5.91 Å². The van der Waals surface area contributed by atoms with E-state index in [1.807, 2.05) is 30.3 Å². The Labute approximate surface area is 168 Å². The topological polar surface area (TPSA) is 94.6 Å². The number of nitrogens with zero attached hydrogens (tertiary/aromatic N) is 2. The number of nitrogens with one attached hydrogen (secondary N) is 2. The molecule has 1 heterocycles. The Morgan fingerprint density at radius 1 is 0.862 bits per heavy atom. The van der Waals surface area contributed by atoms with Crippen LogP contribution in [0.2, 0.25) is 0 Å². The van der Waals surface area contributed by atoms with Gasteiger partial charge in [-0.1, -0.05) is 30.3 Å². The molecule has 3 rings (SSSR count). The van der Waals surface area contributed by atoms with Crippen LogP contribution >= 0.6 is 0 Å². The van der Waals surface area contributed by atoms with Gasteiger partial charge in [-0.2, -0.15) is 0 Å². The lowest BCUT2D eigenvalue weighted by molar-refractivity contribution is 0.102. The minimum Gasteiger partial charge on any atom is -0.493 e. The summed E-state index contributed by atoms with van der Waals surface area (Å²) in [6, 6.07) is 16.5. The smallest absolute Gasteiger partial charge is 0.257 e. The Balaban J connectivity index is 1.67. The van der Waals surface area contributed by atoms with E-state index in [1.165, 1.54) is 21.3 Å². The maximum Gasteiger partial charge on any atom is 0.257 e. The van der Waals surface area contributed by atoms with Gasteiger partial charge in [-0.3, -0.25) is 4.79 Å². The minimum atomic E-state index is -0.372. The Morgan fingerprint density at radius 3 is 2.03 bits per heavy atom. The highest BCUT2D eigenvalue weighted by Gasteiger charge is 2.17. The summed E-state index contributed by atoms with van der Waals surface area (Å²) in [5.74, 6) is 1.77. The predicted molar refractivity (Wildman–Crippen MR) is 110 cm³/mol. The fraction of sp³-hybridized carbons (Fsp3) is 0.190. The van der Waals surface area contributed by atoms with Crippen molar-refractivity contribution in [2.45, 2.75) is 6.54 Å². The molecule has 0 atom stereocenters. The molecule has 2 aromatic carbocycles. The molecule has 3 aromatic rings. The Bertz CT molecular complexity index is 937. The van der Waals surface area contributed by atoms with Crippen LogP contribution in [0.3, 0.4) is 0 Å². The quantitative estimate of drug-likeness (QED) is 0.605. The number of methoxy groups -OCH3 is 3. The number of carbonyl (C=O) groups excluding carboxylic acids is 1. The first-order valence-corrected chi connectivity index (χ1v) is 8.87. The number of rotatable bonds is 8. The zero-order valence-electron chi connectivity index (χ0n) is 16.4. The maximum absolute atomic E-state index is 12.6. The van der Waals surface area contributed by atoms with Gasteiger partial charge < -0.3 is 24.8 Å². The van der Waals surface area contributed by atoms with Crippen LogP contribution in [0.1, 0.15) is 15.9 Å². The van der Waals surface area contributed by atoms with Gasteiger partial charge in [0.05, 0.1) is 21.3 Å². The summed E-state index contributed by atoms with van der Waals surface area (Å²) in [5.41, 5.74) is 1.47. The van der Waals surface area contributed by atoms with Crippen LogP contribution in [0.25, 0.3) is 0 Å². The van der Waals surface area contributed by atoms with Crippen molar-refractivity contribution in [3.8, 4) is 17.2 Å². The lowest BCUT2D eigenvalue weighted by Crippen LogP contribution is -2.14. The third-order valence-corrected chi connectivity index (χ3v) is 4.15. The number of amides is 1. The van der Waals surface area contributed by atoms with Gasteiger partial charge in [0, 0.05) is 12.1 Å². The van der Waals surface area contributed by atoms with E-state index in [-0.39, 0.29) is 5.91 Å². The third kappa shape index (κ3) is 4.92. The molecule has 0 aliphatic rings. The second kappa shape index (κ2) is 9.41. The molecule has 1 amide bonds. The number of benzene rings is 2. The van der Waals surface area contributed by atoms with E-state index in [0.717, 1.165) is 5.56 Å². The fourth-order valence-corrected chi connectivity index (χ4v) is 2.68. The van der Waals surface area contributed by atoms with Crippen molar-refractivity contribution in [3.63, 3.8) is 0 Å². The van der Waals surface area contributed by atoms with Crippen molar-refractivity contribution in [3.05, 3.63) is 65.7 Å². The van der Waals surface area contributed by atoms with Crippen LogP contribution < -0.4 is 24.8 Å². The summed E-state index contributed by atoms with van der Waals surface area (Å²) in [7, 11) is 4.49. The van der Waals surface area contributed by atoms with Crippen molar-refractivity contribution in [2.24, 2.45) is 0 Å². The lowest BCUT2D eigenvalue weighted by Gasteiger charge is -2.14. The van der Waals surface area contributed by atoms with E-state index < -0.39 is 0 Å². The number of aromatic nitrogens is 2. The SMILES string of the molecule is COc1cc(C(=O)Nc2ccc(NCc3ccccc3)nn2)cc(OC)c1OC. The molecule has 29 heavy (non-hydrogen) atoms. The van der Waals surface area contributed by atoms with E-state index in [2.05, 4.69) is 20.8 Å². The zero-order chi connectivity index (χ0) is 20.6. The first kappa shape index (κ1) is 19.9. The molecule has 0 bridgehead atoms. The molecule has 8 heteroatoms. The normalized spacial score (nSPS) is 10.2. The Hall–Kier alpha value is -3.81. The molecule has 1 aromatic heterocycles. The molecule has 0 spiro atoms. The highest BCUT2D eigenvalue weighted by molar-refractivity contribution is 6.04. The molecular weight excluding hydrogens is 372 g/mol. The molecule has 2 N–H and O–H groups in total. The summed E-state index contributed by atoms with van der Waals surface area (Å²) in [6.07, 6.45) is 0. The van der Waals surface area contributed by atoms with Crippen molar-refractivity contribution >= 4 is 17.5 Å². The molecule has 0 aliphatic carbocycles. The van der Waals surface area contributed by atoms with E-state index in [0.29, 0.717) is 41.0 Å². The predicted octanol–water partition coefficient (Wildman–Crippen LogP) is 3.37. The molecule has 0 fully saturated rings. The molecule has 0 aliphatic heterocycles. The van der Waals surface area contributed by atoms with E-state index in [4.69, 9.17) is 14.2 Å². The van der Waals surface area contributed by atoms with Crippen LogP contribution in [0, 0.1) is 0 Å². The second-order valence-corrected chi connectivity index (χ2v) is 6.01. The van der Waals surface area contributed by atoms with Gasteiger partial charge in [0.15, 0.2) is 17.3 Å². The van der Waals surface area contributed by atoms with Crippen molar-refractivity contribution in [1.82, 2.24) is 10.2 Å². The number of ether oxygens (including phenoxy) is 3. The zero-order valence-corrected chi connectivity index (χ0v) is 16.4. The van der Waals surface area contributed by atoms with Gasteiger partial charge in [-0.15, -0.1) is 10.2 Å². The van der Waals surface area contributed by atoms with Gasteiger partial charge in [0.1, 0.15) is 5.82 Å². The van der Waals surface area contributed by atoms with Gasteiger partial charge in [-0.05, 0) is 29.8 Å². The van der Waals surface area contributed by atoms with E-state index >= 15 is 0 Å². The summed E-state index contributed by atoms with van der Waals surface area (Å²) in [4.78, 5) is 12.6. The number of hydrogen-bond donors (Lipinski definition) is 2. The monoisotopic (exact) mass is 394 g/mol. The molecule has 0 saturated heterocycles. The van der Waals surface area contributed by atoms with Gasteiger partial charge in [0.2, 0.25) is 5.75 Å². The van der Waals surface area contributed by atoms with Gasteiger partial charge >= 0.3 is 0 Å². The number of carbonyl (C=O) groups is 1. The van der Waals surface area contributed by atoms with Gasteiger partial charge in [-0.25, -0.2) is 0 Å². The number of hydrogen-bond acceptors (Lipinski definition) is 7. The first-order chi connectivity index (χ1) is 14.1. The molecule has 8 nitrogen and oxygen atoms in total. The Kier molecular flexibility index (Phi) is 6.47. The van der Waals surface area contributed by atoms with Crippen LogP contribution in [0.5, 0.6) is 17.2 Å². The molecular formula is C21H22N4O4. The minimum absolute atomic E-state index is 0.328. The summed E-state index contributed by atoms with van der Waals surface area (Å²) in [5, 5.41) is 14.0. The van der Waals surface area contributed by atoms with Crippen molar-refractivity contribution in [2.75, 3.05) is 32.0 Å². The van der Waals surface area contributed by atoms with Crippen molar-refractivity contribution in [1.29, 1.82) is 0 Å². The highest BCUT2D eigenvalue weighted by Crippen LogP contribution is 2.38. The van der Waals surface area contributed by atoms with E-state index in [1.54, 1.807) is 24.3 Å². The van der Waals surface area contributed by atoms with Crippen LogP contribution in [-0.4, -0.2) is 37.4 Å². The second-order valence-electron chi connectivity index (χ2n) is 6.01. The average Bonchev–Trinajstić information content (AvgIpc) is 2.78. The largest absolute Gasteiger partial charge is 0.493 e. The third-order valence-electron chi connectivity index (χ3n) is 4.15. The number of anilines is 2. The van der Waals surface area contributed by atoms with Crippen LogP contribution in [-0.2, 0) is 6.54 Å². The first-order valence-electron chi connectivity index (χ1n) is 8.87. The van der Waals surface area contributed by atoms with E-state index in [9.17, 15) is 4.79 Å². The highest BCUT2D eigenvalue weighted by atomic mass is 16.5. The summed E-state index contributed by atoms with van der Waals surface area (Å²) < 4.78 is 15.8. The average molecular weight is 394 g/mol. The standard InChI is InChI=1S/C21H22N4O4/c1-27-16-11-15(12-17(28-2)20(16)29-3)21(26)23-19-10-9-18(24-25-19)22-13-14-7-5-4-6-8-14/h4-12H,13H2,1-3H3,(H,22,24)(H,23,25,26). The molecule has 0 radical (unpaired) electrons. The lowest BCUT2D eigenvalue weighted by atomic mass is 10.1. The molecule has 0 unspecified atom stereocenters. The molecule has 0 saturated carbocycles.